The average Bonchev–Trinajstić information content (AvgIpc) is 1.78. The van der Waals surface area contributed by atoms with Crippen molar-refractivity contribution in [1.82, 2.24) is 44.9 Å². The molecule has 0 amide bonds. The summed E-state index contributed by atoms with van der Waals surface area (Å²) in [4.78, 5) is 44.8. The summed E-state index contributed by atoms with van der Waals surface area (Å²) in [6.07, 6.45) is 0. The van der Waals surface area contributed by atoms with E-state index in [-0.39, 0.29) is 0 Å². The Morgan fingerprint density at radius 2 is 0.417 bits per heavy atom. The van der Waals surface area contributed by atoms with Crippen LogP contribution >= 0.6 is 0 Å². The first-order valence-electron chi connectivity index (χ1n) is 42.3. The molecule has 0 fully saturated rings. The molecular formula is C115H71N9O3. The van der Waals surface area contributed by atoms with Crippen LogP contribution in [0, 0.1) is 0 Å². The third-order valence-corrected chi connectivity index (χ3v) is 23.6. The summed E-state index contributed by atoms with van der Waals surface area (Å²) in [5.74, 6) is 5.65. The van der Waals surface area contributed by atoms with Gasteiger partial charge in [0, 0.05) is 98.5 Å². The SMILES string of the molecule is c1ccc(-c2ccc(-c3nc(-c4ccccc4)nc(-c4ccc5c(ccc6c7ccccc7oc56)c4)n3)cc2)cc1.c1ccc(-c2ccc(-c3nc(-c4ccccc4)nc(-c4cccc5oc6c7ccccc7ccc6c45)n3)cc2)cc1.c1ccc(-c2nc(-c3ccc(-c4ccc5ccccc5c4)cc3)nc(-c3cccc4ccc5c6ccccc6oc5c34)n2)cc1. The van der Waals surface area contributed by atoms with Gasteiger partial charge in [0.15, 0.2) is 52.4 Å². The highest BCUT2D eigenvalue weighted by molar-refractivity contribution is 6.21. The Labute approximate surface area is 728 Å². The maximum atomic E-state index is 6.47. The zero-order valence-corrected chi connectivity index (χ0v) is 68.2. The van der Waals surface area contributed by atoms with Gasteiger partial charge in [-0.05, 0) is 115 Å². The zero-order chi connectivity index (χ0) is 84.1. The van der Waals surface area contributed by atoms with Crippen LogP contribution in [0.4, 0.5) is 0 Å². The second-order valence-electron chi connectivity index (χ2n) is 31.4. The van der Waals surface area contributed by atoms with Crippen LogP contribution in [0.2, 0.25) is 0 Å². The molecule has 19 aromatic carbocycles. The van der Waals surface area contributed by atoms with Crippen LogP contribution in [0.1, 0.15) is 0 Å². The first kappa shape index (κ1) is 74.7. The Hall–Kier alpha value is -17.4. The summed E-state index contributed by atoms with van der Waals surface area (Å²) in [5.41, 5.74) is 20.5. The third-order valence-electron chi connectivity index (χ3n) is 23.6. The van der Waals surface area contributed by atoms with Crippen LogP contribution < -0.4 is 0 Å². The average molecular weight is 1630 g/mol. The van der Waals surface area contributed by atoms with E-state index in [2.05, 4.69) is 267 Å². The standard InChI is InChI=1S/C41H25N3O.2C37H23N3O/c1-2-10-29(11-3-1)39-42-40(30-20-17-27(18-21-30)32-22-19-26-9-4-5-12-31(26)25-32)44-41(43-39)35-15-8-13-28-23-24-34-33-14-6-7-16-36(33)45-38(34)37(28)35;1-3-10-24(11-4-1)25-18-20-28(21-19-25)36-38-35(27-13-5-2-6-14-27)39-37(40-36)31-16-9-17-32-33(31)30-23-22-26-12-7-8-15-29(26)34(30)41-32;1-3-9-24(10-4-1)25-15-17-27(18-16-25)36-38-35(26-11-5-2-6-12-26)39-37(40-36)29-20-21-30-28(23-29)19-22-32-31-13-7-8-14-33(31)41-34(30)32/h1-25H;2*1-23H. The fraction of sp³-hybridized carbons (Fsp3) is 0. The predicted octanol–water partition coefficient (Wildman–Crippen LogP) is 29.9. The summed E-state index contributed by atoms with van der Waals surface area (Å²) in [5, 5.41) is 15.4. The van der Waals surface area contributed by atoms with Gasteiger partial charge in [0.2, 0.25) is 0 Å². The lowest BCUT2D eigenvalue weighted by Crippen LogP contribution is -2.00. The predicted molar refractivity (Wildman–Crippen MR) is 517 cm³/mol. The van der Waals surface area contributed by atoms with E-state index in [0.717, 1.165) is 165 Å². The second kappa shape index (κ2) is 32.2. The molecule has 127 heavy (non-hydrogen) atoms. The summed E-state index contributed by atoms with van der Waals surface area (Å²) in [6.45, 7) is 0. The molecule has 25 aromatic rings. The smallest absolute Gasteiger partial charge is 0.164 e. The maximum absolute atomic E-state index is 6.47. The van der Waals surface area contributed by atoms with Gasteiger partial charge in [-0.15, -0.1) is 0 Å². The quantitative estimate of drug-likeness (QED) is 0.114. The molecule has 12 heteroatoms. The van der Waals surface area contributed by atoms with Crippen molar-refractivity contribution < 1.29 is 13.3 Å². The summed E-state index contributed by atoms with van der Waals surface area (Å²) in [7, 11) is 0. The van der Waals surface area contributed by atoms with Crippen LogP contribution in [0.15, 0.2) is 444 Å². The summed E-state index contributed by atoms with van der Waals surface area (Å²) >= 11 is 0. The van der Waals surface area contributed by atoms with Crippen molar-refractivity contribution in [3.63, 3.8) is 0 Å². The molecule has 6 aromatic heterocycles. The first-order valence-corrected chi connectivity index (χ1v) is 42.3. The summed E-state index contributed by atoms with van der Waals surface area (Å²) < 4.78 is 19.2. The topological polar surface area (TPSA) is 155 Å². The Morgan fingerprint density at radius 1 is 0.134 bits per heavy atom. The van der Waals surface area contributed by atoms with Crippen molar-refractivity contribution in [2.24, 2.45) is 0 Å². The van der Waals surface area contributed by atoms with Crippen molar-refractivity contribution in [2.75, 3.05) is 0 Å². The molecule has 0 N–H and O–H groups in total. The van der Waals surface area contributed by atoms with E-state index in [9.17, 15) is 0 Å². The number of para-hydroxylation sites is 2. The zero-order valence-electron chi connectivity index (χ0n) is 68.2. The lowest BCUT2D eigenvalue weighted by atomic mass is 10.00. The van der Waals surface area contributed by atoms with Gasteiger partial charge in [0.25, 0.3) is 0 Å². The first-order chi connectivity index (χ1) is 62.9. The highest BCUT2D eigenvalue weighted by Gasteiger charge is 2.23. The van der Waals surface area contributed by atoms with E-state index in [1.807, 2.05) is 164 Å². The normalized spacial score (nSPS) is 11.5. The number of hydrogen-bond acceptors (Lipinski definition) is 12. The van der Waals surface area contributed by atoms with Crippen LogP contribution in [0.3, 0.4) is 0 Å². The minimum absolute atomic E-state index is 0.607. The fourth-order valence-corrected chi connectivity index (χ4v) is 17.2. The molecule has 12 nitrogen and oxygen atoms in total. The molecule has 25 rings (SSSR count). The second-order valence-corrected chi connectivity index (χ2v) is 31.4. The van der Waals surface area contributed by atoms with Crippen molar-refractivity contribution >= 4 is 109 Å². The van der Waals surface area contributed by atoms with E-state index >= 15 is 0 Å². The molecule has 6 heterocycles. The van der Waals surface area contributed by atoms with Gasteiger partial charge < -0.3 is 13.3 Å². The van der Waals surface area contributed by atoms with Crippen LogP contribution in [0.25, 0.3) is 245 Å². The number of benzene rings is 19. The largest absolute Gasteiger partial charge is 0.455 e. The van der Waals surface area contributed by atoms with Gasteiger partial charge in [-0.3, -0.25) is 0 Å². The van der Waals surface area contributed by atoms with Gasteiger partial charge >= 0.3 is 0 Å². The minimum atomic E-state index is 0.607. The summed E-state index contributed by atoms with van der Waals surface area (Å²) in [6, 6.07) is 147. The number of furan rings is 3. The van der Waals surface area contributed by atoms with Crippen molar-refractivity contribution in [2.45, 2.75) is 0 Å². The Kier molecular flexibility index (Phi) is 19.0. The lowest BCUT2D eigenvalue weighted by Gasteiger charge is -2.11. The third kappa shape index (κ3) is 14.3. The Bertz CT molecular complexity index is 8480. The molecule has 0 saturated heterocycles. The highest BCUT2D eigenvalue weighted by Crippen LogP contribution is 2.44. The van der Waals surface area contributed by atoms with Crippen LogP contribution in [0.5, 0.6) is 0 Å². The number of hydrogen-bond donors (Lipinski definition) is 0. The van der Waals surface area contributed by atoms with Gasteiger partial charge in [0.05, 0.1) is 0 Å². The Morgan fingerprint density at radius 3 is 0.937 bits per heavy atom. The monoisotopic (exact) mass is 1630 g/mol. The fourth-order valence-electron chi connectivity index (χ4n) is 17.2. The molecular weight excluding hydrogens is 1560 g/mol. The number of nitrogens with zero attached hydrogens (tertiary/aromatic N) is 9. The van der Waals surface area contributed by atoms with E-state index in [1.165, 1.54) is 27.5 Å². The molecule has 0 aliphatic heterocycles. The van der Waals surface area contributed by atoms with E-state index < -0.39 is 0 Å². The Balaban J connectivity index is 0.000000109. The van der Waals surface area contributed by atoms with E-state index in [1.54, 1.807) is 0 Å². The molecule has 594 valence electrons. The molecule has 0 aliphatic carbocycles. The van der Waals surface area contributed by atoms with Gasteiger partial charge in [0.1, 0.15) is 33.5 Å². The number of aromatic nitrogens is 9. The van der Waals surface area contributed by atoms with Crippen molar-refractivity contribution in [3.05, 3.63) is 431 Å². The molecule has 0 unspecified atom stereocenters. The van der Waals surface area contributed by atoms with Gasteiger partial charge in [-0.2, -0.15) is 0 Å². The highest BCUT2D eigenvalue weighted by atomic mass is 16.3. The molecule has 0 saturated carbocycles. The number of rotatable bonds is 12. The van der Waals surface area contributed by atoms with Crippen molar-refractivity contribution in [3.8, 4) is 136 Å². The van der Waals surface area contributed by atoms with E-state index in [4.69, 9.17) is 58.1 Å². The van der Waals surface area contributed by atoms with Gasteiger partial charge in [-0.1, -0.05) is 376 Å². The van der Waals surface area contributed by atoms with Crippen LogP contribution in [-0.2, 0) is 0 Å². The van der Waals surface area contributed by atoms with Crippen molar-refractivity contribution in [1.29, 1.82) is 0 Å². The number of fused-ring (bicyclic) bond motifs is 16. The van der Waals surface area contributed by atoms with Gasteiger partial charge in [-0.25, -0.2) is 44.9 Å². The molecule has 0 spiro atoms. The van der Waals surface area contributed by atoms with E-state index in [0.29, 0.717) is 52.4 Å². The molecule has 0 radical (unpaired) electrons. The minimum Gasteiger partial charge on any atom is -0.455 e. The molecule has 0 aliphatic rings. The lowest BCUT2D eigenvalue weighted by molar-refractivity contribution is 0.672. The molecule has 0 bridgehead atoms. The molecule has 0 atom stereocenters. The maximum Gasteiger partial charge on any atom is 0.164 e. The van der Waals surface area contributed by atoms with Crippen LogP contribution in [-0.4, -0.2) is 44.9 Å².